The van der Waals surface area contributed by atoms with Crippen molar-refractivity contribution in [3.63, 3.8) is 0 Å². The molecule has 3 nitrogen and oxygen atoms in total. The molecule has 0 amide bonds. The van der Waals surface area contributed by atoms with Gasteiger partial charge in [-0.25, -0.2) is 0 Å². The summed E-state index contributed by atoms with van der Waals surface area (Å²) >= 11 is 3.53. The van der Waals surface area contributed by atoms with Crippen LogP contribution in [0.4, 0.5) is 0 Å². The van der Waals surface area contributed by atoms with E-state index in [1.54, 1.807) is 6.26 Å². The third-order valence-electron chi connectivity index (χ3n) is 9.34. The molecule has 3 aromatic heterocycles. The molecule has 4 aromatic carbocycles. The summed E-state index contributed by atoms with van der Waals surface area (Å²) in [6.45, 7) is 18.3. The summed E-state index contributed by atoms with van der Waals surface area (Å²) in [6.07, 6.45) is 26.9. The fourth-order valence-electron chi connectivity index (χ4n) is 7.15. The van der Waals surface area contributed by atoms with Crippen LogP contribution in [0.1, 0.15) is 65.2 Å². The van der Waals surface area contributed by atoms with Crippen molar-refractivity contribution in [2.45, 2.75) is 48.5 Å². The first-order valence-electron chi connectivity index (χ1n) is 18.2. The molecule has 3 heterocycles. The number of thiol groups is 1. The van der Waals surface area contributed by atoms with Gasteiger partial charge in [0.05, 0.1) is 16.6 Å². The Kier molecular flexibility index (Phi) is 12.5. The van der Waals surface area contributed by atoms with E-state index >= 15 is 0 Å². The maximum absolute atomic E-state index is 3.88. The van der Waals surface area contributed by atoms with E-state index in [2.05, 4.69) is 184 Å². The molecule has 0 saturated carbocycles. The number of hydrogen-bond donors (Lipinski definition) is 4. The van der Waals surface area contributed by atoms with Crippen molar-refractivity contribution in [1.29, 1.82) is 0 Å². The second-order valence-corrected chi connectivity index (χ2v) is 12.1. The SMILES string of the molecule is C=C/C=C\C(=C/C)c1ccc2[nH]c3c(c2c1)c1[nH]c2ccc(C(/C=C\C)=C/C)cc2c1c1[nH]c2ccc(C(/C=C\C)=C/C=C\C)cc2c13.CC.CS. The summed E-state index contributed by atoms with van der Waals surface area (Å²) in [4.78, 5) is 11.6. The van der Waals surface area contributed by atoms with Crippen molar-refractivity contribution < 1.29 is 0 Å². The van der Waals surface area contributed by atoms with Crippen molar-refractivity contribution in [2.24, 2.45) is 0 Å². The molecular formula is C48H51N3S. The van der Waals surface area contributed by atoms with E-state index < -0.39 is 0 Å². The molecule has 0 unspecified atom stereocenters. The van der Waals surface area contributed by atoms with Crippen molar-refractivity contribution >= 4 is 94.8 Å². The molecule has 0 aliphatic heterocycles. The highest BCUT2D eigenvalue weighted by Gasteiger charge is 2.22. The zero-order valence-electron chi connectivity index (χ0n) is 31.8. The van der Waals surface area contributed by atoms with Gasteiger partial charge in [0.25, 0.3) is 0 Å². The van der Waals surface area contributed by atoms with Crippen LogP contribution in [-0.2, 0) is 0 Å². The number of nitrogens with one attached hydrogen (secondary N) is 3. The van der Waals surface area contributed by atoms with Gasteiger partial charge in [-0.05, 0) is 111 Å². The molecule has 4 heteroatoms. The molecule has 0 aliphatic rings. The average Bonchev–Trinajstić information content (AvgIpc) is 3.88. The van der Waals surface area contributed by atoms with E-state index in [1.807, 2.05) is 26.0 Å². The minimum atomic E-state index is 1.11. The molecule has 0 fully saturated rings. The minimum Gasteiger partial charge on any atom is -0.354 e. The van der Waals surface area contributed by atoms with Gasteiger partial charge >= 0.3 is 0 Å². The van der Waals surface area contributed by atoms with Gasteiger partial charge in [0.2, 0.25) is 0 Å². The zero-order chi connectivity index (χ0) is 37.4. The first-order chi connectivity index (χ1) is 25.5. The van der Waals surface area contributed by atoms with Gasteiger partial charge in [-0.2, -0.15) is 12.6 Å². The molecule has 0 radical (unpaired) electrons. The fourth-order valence-corrected chi connectivity index (χ4v) is 7.15. The maximum Gasteiger partial charge on any atom is 0.0588 e. The number of fused-ring (bicyclic) bond motifs is 12. The Morgan fingerprint density at radius 2 is 0.904 bits per heavy atom. The number of benzene rings is 4. The predicted octanol–water partition coefficient (Wildman–Crippen LogP) is 14.8. The predicted molar refractivity (Wildman–Crippen MR) is 240 cm³/mol. The second kappa shape index (κ2) is 17.2. The third-order valence-corrected chi connectivity index (χ3v) is 9.34. The number of hydrogen-bond acceptors (Lipinski definition) is 1. The summed E-state index contributed by atoms with van der Waals surface area (Å²) in [5, 5.41) is 7.24. The molecule has 0 bridgehead atoms. The maximum atomic E-state index is 3.88. The van der Waals surface area contributed by atoms with Crippen LogP contribution in [0.5, 0.6) is 0 Å². The van der Waals surface area contributed by atoms with Gasteiger partial charge in [0, 0.05) is 48.9 Å². The lowest BCUT2D eigenvalue weighted by Crippen LogP contribution is -1.82. The van der Waals surface area contributed by atoms with Crippen LogP contribution < -0.4 is 0 Å². The Morgan fingerprint density at radius 3 is 1.27 bits per heavy atom. The standard InChI is InChI=1S/C45H41N3.C2H6.CH4S/c1-7-13-17-29(12-6)32-20-23-38-35(26-32)41-43-40(34-25-31(19-22-37(34)46-43)28(11-5)15-9-3)44-42(45(41)47-38)36-27-33(21-24-39(36)48-44)30(16-10-4)18-14-8-2;2*1-2/h7-27,46-48H,1H2,2-6H3;1-2H3;2H,1H3/b14-8-,15-9-,16-10-,17-13-,28-11+,29-12+,30-18+;;. The highest BCUT2D eigenvalue weighted by molar-refractivity contribution is 7.79. The number of aromatic nitrogens is 3. The Morgan fingerprint density at radius 1 is 0.519 bits per heavy atom. The summed E-state index contributed by atoms with van der Waals surface area (Å²) in [5.41, 5.74) is 13.9. The topological polar surface area (TPSA) is 47.4 Å². The van der Waals surface area contributed by atoms with Crippen LogP contribution in [0.25, 0.3) is 82.1 Å². The Hall–Kier alpha value is -5.45. The molecule has 0 aliphatic carbocycles. The van der Waals surface area contributed by atoms with Crippen molar-refractivity contribution in [1.82, 2.24) is 15.0 Å². The summed E-state index contributed by atoms with van der Waals surface area (Å²) in [5.74, 6) is 0. The average molecular weight is 702 g/mol. The molecular weight excluding hydrogens is 651 g/mol. The first-order valence-corrected chi connectivity index (χ1v) is 19.1. The van der Waals surface area contributed by atoms with E-state index in [0.717, 1.165) is 38.7 Å². The van der Waals surface area contributed by atoms with E-state index in [-0.39, 0.29) is 0 Å². The minimum absolute atomic E-state index is 1.11. The number of H-pyrrole nitrogens is 3. The van der Waals surface area contributed by atoms with Crippen LogP contribution in [0, 0.1) is 0 Å². The molecule has 7 aromatic rings. The molecule has 52 heavy (non-hydrogen) atoms. The van der Waals surface area contributed by atoms with Crippen LogP contribution in [0.3, 0.4) is 0 Å². The molecule has 0 saturated heterocycles. The van der Waals surface area contributed by atoms with Crippen molar-refractivity contribution in [3.05, 3.63) is 151 Å². The Labute approximate surface area is 314 Å². The summed E-state index contributed by atoms with van der Waals surface area (Å²) in [6, 6.07) is 20.3. The van der Waals surface area contributed by atoms with Crippen molar-refractivity contribution in [3.8, 4) is 0 Å². The van der Waals surface area contributed by atoms with Crippen LogP contribution in [0.2, 0.25) is 0 Å². The molecule has 3 N–H and O–H groups in total. The number of rotatable bonds is 8. The lowest BCUT2D eigenvalue weighted by molar-refractivity contribution is 1.50. The zero-order valence-corrected chi connectivity index (χ0v) is 32.7. The van der Waals surface area contributed by atoms with Gasteiger partial charge in [-0.15, -0.1) is 0 Å². The van der Waals surface area contributed by atoms with Gasteiger partial charge in [-0.1, -0.05) is 112 Å². The smallest absolute Gasteiger partial charge is 0.0588 e. The monoisotopic (exact) mass is 701 g/mol. The van der Waals surface area contributed by atoms with E-state index in [4.69, 9.17) is 0 Å². The largest absolute Gasteiger partial charge is 0.354 e. The fraction of sp³-hybridized carbons (Fsp3) is 0.167. The van der Waals surface area contributed by atoms with Crippen LogP contribution in [-0.4, -0.2) is 21.2 Å². The van der Waals surface area contributed by atoms with Gasteiger partial charge in [-0.3, -0.25) is 0 Å². The van der Waals surface area contributed by atoms with Gasteiger partial charge in [0.15, 0.2) is 0 Å². The van der Waals surface area contributed by atoms with Crippen LogP contribution >= 0.6 is 12.6 Å². The third kappa shape index (κ3) is 6.79. The Bertz CT molecular complexity index is 2620. The summed E-state index contributed by atoms with van der Waals surface area (Å²) < 4.78 is 0. The van der Waals surface area contributed by atoms with E-state index in [0.29, 0.717) is 0 Å². The number of allylic oxidation sites excluding steroid dienone is 15. The molecule has 0 atom stereocenters. The first kappa shape index (κ1) is 37.8. The Balaban J connectivity index is 0.00000126. The molecule has 264 valence electrons. The van der Waals surface area contributed by atoms with E-state index in [1.165, 1.54) is 60.2 Å². The second-order valence-electron chi connectivity index (χ2n) is 12.1. The highest BCUT2D eigenvalue weighted by atomic mass is 32.1. The van der Waals surface area contributed by atoms with Gasteiger partial charge < -0.3 is 15.0 Å². The van der Waals surface area contributed by atoms with Crippen LogP contribution in [0.15, 0.2) is 134 Å². The highest BCUT2D eigenvalue weighted by Crippen LogP contribution is 2.45. The quantitative estimate of drug-likeness (QED) is 0.0900. The van der Waals surface area contributed by atoms with E-state index in [9.17, 15) is 0 Å². The summed E-state index contributed by atoms with van der Waals surface area (Å²) in [7, 11) is 0. The molecule has 7 rings (SSSR count). The normalized spacial score (nSPS) is 13.2. The lowest BCUT2D eigenvalue weighted by atomic mass is 9.97. The molecule has 0 spiro atoms. The van der Waals surface area contributed by atoms with Crippen molar-refractivity contribution in [2.75, 3.05) is 6.26 Å². The van der Waals surface area contributed by atoms with Gasteiger partial charge in [0.1, 0.15) is 0 Å². The lowest BCUT2D eigenvalue weighted by Gasteiger charge is -2.05. The number of aromatic amines is 3.